The maximum absolute atomic E-state index is 12.7. The van der Waals surface area contributed by atoms with Gasteiger partial charge < -0.3 is 0 Å². The van der Waals surface area contributed by atoms with Gasteiger partial charge in [-0.15, -0.1) is 0 Å². The number of benzene rings is 3. The average Bonchev–Trinajstić information content (AvgIpc) is 2.69. The van der Waals surface area contributed by atoms with E-state index < -0.39 is 0 Å². The third-order valence-electron chi connectivity index (χ3n) is 4.39. The standard InChI is InChI=1S/C23H18NO/c25-22(19-10-3-1-4-11-19)17-24-16-15-18-9-7-8-14-21(18)23(24)20-12-5-2-6-13-20/h1-16H,17H2/q+1. The highest BCUT2D eigenvalue weighted by atomic mass is 16.1. The first kappa shape index (κ1) is 15.3. The Morgan fingerprint density at radius 3 is 2.12 bits per heavy atom. The molecule has 0 fully saturated rings. The zero-order valence-electron chi connectivity index (χ0n) is 13.8. The molecule has 0 aliphatic carbocycles. The van der Waals surface area contributed by atoms with Crippen LogP contribution in [0.2, 0.25) is 0 Å². The van der Waals surface area contributed by atoms with E-state index in [4.69, 9.17) is 0 Å². The summed E-state index contributed by atoms with van der Waals surface area (Å²) in [5.41, 5.74) is 2.92. The number of hydrogen-bond acceptors (Lipinski definition) is 1. The number of nitrogens with zero attached hydrogens (tertiary/aromatic N) is 1. The van der Waals surface area contributed by atoms with Gasteiger partial charge in [-0.1, -0.05) is 66.7 Å². The number of hydrogen-bond donors (Lipinski definition) is 0. The molecule has 25 heavy (non-hydrogen) atoms. The monoisotopic (exact) mass is 324 g/mol. The van der Waals surface area contributed by atoms with Gasteiger partial charge in [0.1, 0.15) is 0 Å². The summed E-state index contributed by atoms with van der Waals surface area (Å²) in [5, 5.41) is 2.32. The molecular formula is C23H18NO+. The summed E-state index contributed by atoms with van der Waals surface area (Å²) < 4.78 is 2.05. The maximum Gasteiger partial charge on any atom is 0.227 e. The summed E-state index contributed by atoms with van der Waals surface area (Å²) in [5.74, 6) is 0.109. The van der Waals surface area contributed by atoms with E-state index in [9.17, 15) is 4.79 Å². The molecule has 0 amide bonds. The second kappa shape index (κ2) is 6.70. The highest BCUT2D eigenvalue weighted by Gasteiger charge is 2.20. The molecule has 1 heterocycles. The highest BCUT2D eigenvalue weighted by Crippen LogP contribution is 2.25. The van der Waals surface area contributed by atoms with Crippen LogP contribution in [-0.4, -0.2) is 5.78 Å². The summed E-state index contributed by atoms with van der Waals surface area (Å²) in [6, 6.07) is 30.1. The molecule has 0 spiro atoms. The summed E-state index contributed by atoms with van der Waals surface area (Å²) in [6.07, 6.45) is 2.01. The minimum atomic E-state index is 0.109. The number of ketones is 1. The van der Waals surface area contributed by atoms with E-state index in [1.54, 1.807) is 0 Å². The largest absolute Gasteiger partial charge is 0.287 e. The van der Waals surface area contributed by atoms with Crippen molar-refractivity contribution in [3.63, 3.8) is 0 Å². The fourth-order valence-corrected chi connectivity index (χ4v) is 3.18. The molecule has 0 atom stereocenters. The summed E-state index contributed by atoms with van der Waals surface area (Å²) in [4.78, 5) is 12.7. The lowest BCUT2D eigenvalue weighted by atomic mass is 10.0. The van der Waals surface area contributed by atoms with Crippen LogP contribution in [0, 0.1) is 0 Å². The molecule has 0 aliphatic heterocycles. The van der Waals surface area contributed by atoms with Crippen molar-refractivity contribution in [3.05, 3.63) is 103 Å². The van der Waals surface area contributed by atoms with Crippen molar-refractivity contribution < 1.29 is 9.36 Å². The van der Waals surface area contributed by atoms with Gasteiger partial charge >= 0.3 is 0 Å². The SMILES string of the molecule is O=C(C[n+]1ccc2ccccc2c1-c1ccccc1)c1ccccc1. The van der Waals surface area contributed by atoms with E-state index in [1.807, 2.05) is 71.4 Å². The number of pyridine rings is 1. The lowest BCUT2D eigenvalue weighted by molar-refractivity contribution is -0.671. The van der Waals surface area contributed by atoms with E-state index in [2.05, 4.69) is 30.3 Å². The lowest BCUT2D eigenvalue weighted by Crippen LogP contribution is -2.40. The molecule has 2 heteroatoms. The number of fused-ring (bicyclic) bond motifs is 1. The second-order valence-electron chi connectivity index (χ2n) is 6.03. The fourth-order valence-electron chi connectivity index (χ4n) is 3.18. The molecule has 4 aromatic rings. The third-order valence-corrected chi connectivity index (χ3v) is 4.39. The molecular weight excluding hydrogens is 306 g/mol. The Kier molecular flexibility index (Phi) is 4.09. The second-order valence-corrected chi connectivity index (χ2v) is 6.03. The van der Waals surface area contributed by atoms with E-state index in [1.165, 1.54) is 5.39 Å². The lowest BCUT2D eigenvalue weighted by Gasteiger charge is -2.08. The van der Waals surface area contributed by atoms with Gasteiger partial charge in [-0.05, 0) is 23.6 Å². The number of Topliss-reactive ketones (excluding diaryl/α,β-unsaturated/α-hetero) is 1. The molecule has 0 aliphatic rings. The topological polar surface area (TPSA) is 20.9 Å². The predicted molar refractivity (Wildman–Crippen MR) is 100 cm³/mol. The van der Waals surface area contributed by atoms with Crippen molar-refractivity contribution in [3.8, 4) is 11.3 Å². The van der Waals surface area contributed by atoms with Gasteiger partial charge in [0.05, 0.1) is 5.39 Å². The van der Waals surface area contributed by atoms with Gasteiger partial charge in [0.15, 0.2) is 6.20 Å². The van der Waals surface area contributed by atoms with Crippen LogP contribution in [0.3, 0.4) is 0 Å². The average molecular weight is 324 g/mol. The van der Waals surface area contributed by atoms with Crippen LogP contribution in [0.25, 0.3) is 22.0 Å². The fraction of sp³-hybridized carbons (Fsp3) is 0.0435. The van der Waals surface area contributed by atoms with Crippen LogP contribution in [-0.2, 0) is 6.54 Å². The minimum Gasteiger partial charge on any atom is -0.287 e. The Labute approximate surface area is 147 Å². The molecule has 4 rings (SSSR count). The first-order valence-corrected chi connectivity index (χ1v) is 8.38. The predicted octanol–water partition coefficient (Wildman–Crippen LogP) is 4.68. The molecule has 0 bridgehead atoms. The van der Waals surface area contributed by atoms with Crippen molar-refractivity contribution >= 4 is 16.6 Å². The molecule has 120 valence electrons. The van der Waals surface area contributed by atoms with Crippen LogP contribution in [0.15, 0.2) is 97.2 Å². The third kappa shape index (κ3) is 3.07. The zero-order chi connectivity index (χ0) is 17.1. The smallest absolute Gasteiger partial charge is 0.227 e. The summed E-state index contributed by atoms with van der Waals surface area (Å²) in [7, 11) is 0. The minimum absolute atomic E-state index is 0.109. The van der Waals surface area contributed by atoms with E-state index in [-0.39, 0.29) is 5.78 Å². The van der Waals surface area contributed by atoms with Crippen LogP contribution in [0.1, 0.15) is 10.4 Å². The van der Waals surface area contributed by atoms with Gasteiger partial charge in [-0.2, -0.15) is 4.57 Å². The van der Waals surface area contributed by atoms with E-state index in [0.717, 1.165) is 22.2 Å². The highest BCUT2D eigenvalue weighted by molar-refractivity contribution is 5.96. The molecule has 0 unspecified atom stereocenters. The molecule has 1 aromatic heterocycles. The van der Waals surface area contributed by atoms with Crippen LogP contribution >= 0.6 is 0 Å². The Balaban J connectivity index is 1.85. The molecule has 0 saturated heterocycles. The number of aromatic nitrogens is 1. The van der Waals surface area contributed by atoms with Crippen molar-refractivity contribution in [1.29, 1.82) is 0 Å². The quantitative estimate of drug-likeness (QED) is 0.394. The molecule has 2 nitrogen and oxygen atoms in total. The van der Waals surface area contributed by atoms with Crippen molar-refractivity contribution in [2.45, 2.75) is 6.54 Å². The van der Waals surface area contributed by atoms with E-state index >= 15 is 0 Å². The first-order chi connectivity index (χ1) is 12.3. The summed E-state index contributed by atoms with van der Waals surface area (Å²) >= 11 is 0. The maximum atomic E-state index is 12.7. The number of carbonyl (C=O) groups excluding carboxylic acids is 1. The zero-order valence-corrected chi connectivity index (χ0v) is 13.8. The van der Waals surface area contributed by atoms with Gasteiger partial charge in [0.25, 0.3) is 0 Å². The summed E-state index contributed by atoms with van der Waals surface area (Å²) in [6.45, 7) is 0.319. The van der Waals surface area contributed by atoms with Crippen molar-refractivity contribution in [1.82, 2.24) is 0 Å². The van der Waals surface area contributed by atoms with Crippen molar-refractivity contribution in [2.75, 3.05) is 0 Å². The molecule has 0 radical (unpaired) electrons. The van der Waals surface area contributed by atoms with Crippen molar-refractivity contribution in [2.24, 2.45) is 0 Å². The van der Waals surface area contributed by atoms with Gasteiger partial charge in [-0.25, -0.2) is 0 Å². The van der Waals surface area contributed by atoms with E-state index in [0.29, 0.717) is 6.54 Å². The Morgan fingerprint density at radius 1 is 0.720 bits per heavy atom. The molecule has 0 saturated carbocycles. The Hall–Kier alpha value is -3.26. The normalized spacial score (nSPS) is 10.7. The molecule has 0 N–H and O–H groups in total. The van der Waals surface area contributed by atoms with Crippen LogP contribution in [0.4, 0.5) is 0 Å². The first-order valence-electron chi connectivity index (χ1n) is 8.38. The Morgan fingerprint density at radius 2 is 1.36 bits per heavy atom. The van der Waals surface area contributed by atoms with Crippen LogP contribution in [0.5, 0.6) is 0 Å². The Bertz CT molecular complexity index is 1020. The van der Waals surface area contributed by atoms with Gasteiger partial charge in [0, 0.05) is 17.2 Å². The van der Waals surface area contributed by atoms with Gasteiger partial charge in [-0.3, -0.25) is 4.79 Å². The van der Waals surface area contributed by atoms with Gasteiger partial charge in [0.2, 0.25) is 18.0 Å². The number of carbonyl (C=O) groups is 1. The van der Waals surface area contributed by atoms with Crippen LogP contribution < -0.4 is 4.57 Å². The molecule has 3 aromatic carbocycles. The number of rotatable bonds is 4.